The Labute approximate surface area is 414 Å². The van der Waals surface area contributed by atoms with Crippen LogP contribution in [0.15, 0.2) is 36.5 Å². The van der Waals surface area contributed by atoms with E-state index in [0.717, 1.165) is 38.5 Å². The van der Waals surface area contributed by atoms with E-state index in [1.165, 1.54) is 276 Å². The van der Waals surface area contributed by atoms with Gasteiger partial charge in [-0.15, -0.1) is 0 Å². The van der Waals surface area contributed by atoms with Crippen molar-refractivity contribution in [2.75, 3.05) is 6.61 Å². The number of aliphatic hydroxyl groups excluding tert-OH is 2. The molecule has 3 N–H and O–H groups in total. The summed E-state index contributed by atoms with van der Waals surface area (Å²) in [6.45, 7) is 4.34. The molecule has 0 saturated carbocycles. The molecular formula is C62H119NO3. The zero-order chi connectivity index (χ0) is 47.7. The van der Waals surface area contributed by atoms with E-state index in [9.17, 15) is 15.0 Å². The predicted octanol–water partition coefficient (Wildman–Crippen LogP) is 20.0. The van der Waals surface area contributed by atoms with E-state index >= 15 is 0 Å². The lowest BCUT2D eigenvalue weighted by Gasteiger charge is -2.19. The van der Waals surface area contributed by atoms with Crippen molar-refractivity contribution in [1.29, 1.82) is 0 Å². The molecule has 390 valence electrons. The zero-order valence-corrected chi connectivity index (χ0v) is 45.0. The van der Waals surface area contributed by atoms with Crippen LogP contribution < -0.4 is 5.32 Å². The van der Waals surface area contributed by atoms with Crippen molar-refractivity contribution in [2.45, 2.75) is 347 Å². The highest BCUT2D eigenvalue weighted by atomic mass is 16.3. The second kappa shape index (κ2) is 57.9. The number of allylic oxidation sites excluding steroid dienone is 5. The Morgan fingerprint density at radius 2 is 0.591 bits per heavy atom. The lowest BCUT2D eigenvalue weighted by Crippen LogP contribution is -2.45. The zero-order valence-electron chi connectivity index (χ0n) is 45.0. The smallest absolute Gasteiger partial charge is 0.220 e. The summed E-state index contributed by atoms with van der Waals surface area (Å²) in [5.41, 5.74) is 0. The Bertz CT molecular complexity index is 1010. The van der Waals surface area contributed by atoms with Gasteiger partial charge in [0.1, 0.15) is 0 Å². The molecule has 0 rings (SSSR count). The van der Waals surface area contributed by atoms with Crippen molar-refractivity contribution in [2.24, 2.45) is 0 Å². The highest BCUT2D eigenvalue weighted by Gasteiger charge is 2.18. The van der Waals surface area contributed by atoms with E-state index in [1.54, 1.807) is 6.08 Å². The van der Waals surface area contributed by atoms with Gasteiger partial charge in [-0.2, -0.15) is 0 Å². The standard InChI is InChI=1S/C62H119NO3/c1-3-5-7-9-11-13-15-17-19-21-23-25-27-29-30-31-32-34-35-37-39-41-43-45-47-49-51-53-55-57-61(65)60(59-64)63-62(66)58-56-54-52-50-48-46-44-42-40-38-36-33-28-26-24-22-20-18-16-14-12-10-8-6-4-2/h39,41,47,49,55,57,60-61,64-65H,3-38,40,42-46,48,50-54,56,58-59H2,1-2H3,(H,63,66)/b41-39+,49-47+,57-55+. The van der Waals surface area contributed by atoms with Crippen molar-refractivity contribution >= 4 is 5.91 Å². The number of aliphatic hydroxyl groups is 2. The van der Waals surface area contributed by atoms with Crippen molar-refractivity contribution in [1.82, 2.24) is 5.32 Å². The molecule has 0 aliphatic heterocycles. The summed E-state index contributed by atoms with van der Waals surface area (Å²) in [6, 6.07) is -0.644. The lowest BCUT2D eigenvalue weighted by molar-refractivity contribution is -0.123. The van der Waals surface area contributed by atoms with Crippen LogP contribution in [0.5, 0.6) is 0 Å². The molecule has 0 saturated heterocycles. The van der Waals surface area contributed by atoms with E-state index in [4.69, 9.17) is 0 Å². The van der Waals surface area contributed by atoms with Crippen molar-refractivity contribution in [3.05, 3.63) is 36.5 Å². The van der Waals surface area contributed by atoms with Crippen LogP contribution >= 0.6 is 0 Å². The first-order chi connectivity index (χ1) is 32.7. The first kappa shape index (κ1) is 64.6. The van der Waals surface area contributed by atoms with Crippen LogP contribution in [-0.2, 0) is 4.79 Å². The summed E-state index contributed by atoms with van der Waals surface area (Å²) in [7, 11) is 0. The summed E-state index contributed by atoms with van der Waals surface area (Å²) in [5, 5.41) is 23.2. The summed E-state index contributed by atoms with van der Waals surface area (Å²) in [4.78, 5) is 12.5. The van der Waals surface area contributed by atoms with E-state index in [1.807, 2.05) is 6.08 Å². The van der Waals surface area contributed by atoms with Gasteiger partial charge in [-0.3, -0.25) is 4.79 Å². The first-order valence-electron chi connectivity index (χ1n) is 30.2. The lowest BCUT2D eigenvalue weighted by atomic mass is 10.0. The number of hydrogen-bond donors (Lipinski definition) is 3. The Morgan fingerprint density at radius 1 is 0.348 bits per heavy atom. The number of carbonyl (C=O) groups excluding carboxylic acids is 1. The second-order valence-electron chi connectivity index (χ2n) is 20.8. The third-order valence-electron chi connectivity index (χ3n) is 14.1. The third-order valence-corrected chi connectivity index (χ3v) is 14.1. The molecule has 0 fully saturated rings. The van der Waals surface area contributed by atoms with Gasteiger partial charge in [-0.25, -0.2) is 0 Å². The maximum Gasteiger partial charge on any atom is 0.220 e. The third kappa shape index (κ3) is 53.6. The number of unbranched alkanes of at least 4 members (excludes halogenated alkanes) is 45. The van der Waals surface area contributed by atoms with Crippen LogP contribution in [0.1, 0.15) is 335 Å². The number of hydrogen-bond acceptors (Lipinski definition) is 3. The molecule has 0 aromatic carbocycles. The maximum atomic E-state index is 12.5. The van der Waals surface area contributed by atoms with Crippen LogP contribution in [-0.4, -0.2) is 34.9 Å². The fraction of sp³-hybridized carbons (Fsp3) is 0.887. The second-order valence-corrected chi connectivity index (χ2v) is 20.8. The van der Waals surface area contributed by atoms with Crippen LogP contribution in [0, 0.1) is 0 Å². The molecule has 0 aliphatic carbocycles. The molecule has 0 spiro atoms. The van der Waals surface area contributed by atoms with Crippen LogP contribution in [0.3, 0.4) is 0 Å². The van der Waals surface area contributed by atoms with Crippen molar-refractivity contribution in [3.63, 3.8) is 0 Å². The van der Waals surface area contributed by atoms with Gasteiger partial charge in [-0.1, -0.05) is 320 Å². The fourth-order valence-electron chi connectivity index (χ4n) is 9.51. The summed E-state index contributed by atoms with van der Waals surface area (Å²) in [6.07, 6.45) is 79.1. The summed E-state index contributed by atoms with van der Waals surface area (Å²) >= 11 is 0. The quantitative estimate of drug-likeness (QED) is 0.0420. The Balaban J connectivity index is 3.51. The van der Waals surface area contributed by atoms with Gasteiger partial charge in [0, 0.05) is 6.42 Å². The molecule has 0 radical (unpaired) electrons. The van der Waals surface area contributed by atoms with E-state index in [2.05, 4.69) is 43.5 Å². The van der Waals surface area contributed by atoms with E-state index in [-0.39, 0.29) is 12.5 Å². The molecule has 4 nitrogen and oxygen atoms in total. The molecule has 0 aromatic heterocycles. The minimum Gasteiger partial charge on any atom is -0.394 e. The highest BCUT2D eigenvalue weighted by Crippen LogP contribution is 2.18. The fourth-order valence-corrected chi connectivity index (χ4v) is 9.51. The van der Waals surface area contributed by atoms with Gasteiger partial charge in [0.15, 0.2) is 0 Å². The topological polar surface area (TPSA) is 69.6 Å². The van der Waals surface area contributed by atoms with Gasteiger partial charge >= 0.3 is 0 Å². The minimum absolute atomic E-state index is 0.0712. The maximum absolute atomic E-state index is 12.5. The molecule has 2 unspecified atom stereocenters. The number of amides is 1. The van der Waals surface area contributed by atoms with Gasteiger partial charge in [0.25, 0.3) is 0 Å². The number of nitrogens with one attached hydrogen (secondary N) is 1. The summed E-state index contributed by atoms with van der Waals surface area (Å²) in [5.74, 6) is -0.0712. The molecular weight excluding hydrogens is 807 g/mol. The average Bonchev–Trinajstić information content (AvgIpc) is 3.32. The van der Waals surface area contributed by atoms with Gasteiger partial charge < -0.3 is 15.5 Å². The van der Waals surface area contributed by atoms with E-state index in [0.29, 0.717) is 6.42 Å². The van der Waals surface area contributed by atoms with Gasteiger partial charge in [0.2, 0.25) is 5.91 Å². The largest absolute Gasteiger partial charge is 0.394 e. The Kier molecular flexibility index (Phi) is 56.7. The number of rotatable bonds is 56. The first-order valence-corrected chi connectivity index (χ1v) is 30.2. The minimum atomic E-state index is -0.869. The van der Waals surface area contributed by atoms with Crippen LogP contribution in [0.25, 0.3) is 0 Å². The monoisotopic (exact) mass is 926 g/mol. The van der Waals surface area contributed by atoms with Crippen molar-refractivity contribution < 1.29 is 15.0 Å². The SMILES string of the molecule is CCCCCCCCCCCCCCCCCCCCC/C=C/CC/C=C/CC/C=C/C(O)C(CO)NC(=O)CCCCCCCCCCCCCCCCCCCCCCCCCCC. The van der Waals surface area contributed by atoms with Crippen molar-refractivity contribution in [3.8, 4) is 0 Å². The Hall–Kier alpha value is -1.39. The van der Waals surface area contributed by atoms with E-state index < -0.39 is 12.1 Å². The molecule has 2 atom stereocenters. The Morgan fingerprint density at radius 3 is 0.879 bits per heavy atom. The molecule has 0 bridgehead atoms. The van der Waals surface area contributed by atoms with Crippen LogP contribution in [0.2, 0.25) is 0 Å². The molecule has 66 heavy (non-hydrogen) atoms. The predicted molar refractivity (Wildman–Crippen MR) is 295 cm³/mol. The molecule has 4 heteroatoms. The highest BCUT2D eigenvalue weighted by molar-refractivity contribution is 5.76. The van der Waals surface area contributed by atoms with Crippen LogP contribution in [0.4, 0.5) is 0 Å². The molecule has 1 amide bonds. The number of carbonyl (C=O) groups is 1. The normalized spacial score (nSPS) is 13.0. The molecule has 0 aromatic rings. The van der Waals surface area contributed by atoms with Gasteiger partial charge in [-0.05, 0) is 44.9 Å². The average molecular weight is 927 g/mol. The molecule has 0 heterocycles. The summed E-state index contributed by atoms with van der Waals surface area (Å²) < 4.78 is 0. The molecule has 0 aliphatic rings. The van der Waals surface area contributed by atoms with Gasteiger partial charge in [0.05, 0.1) is 18.8 Å².